The highest BCUT2D eigenvalue weighted by Gasteiger charge is 2.35. The Kier molecular flexibility index (Phi) is 4.32. The Morgan fingerprint density at radius 2 is 2.05 bits per heavy atom. The monoisotopic (exact) mass is 264 g/mol. The first-order chi connectivity index (χ1) is 9.11. The van der Waals surface area contributed by atoms with E-state index in [1.807, 2.05) is 12.1 Å². The first kappa shape index (κ1) is 14.2. The van der Waals surface area contributed by atoms with E-state index in [1.165, 1.54) is 12.0 Å². The van der Waals surface area contributed by atoms with Crippen LogP contribution in [-0.4, -0.2) is 45.8 Å². The molecule has 1 saturated heterocycles. The molecule has 0 amide bonds. The summed E-state index contributed by atoms with van der Waals surface area (Å²) in [6, 6.07) is 6.07. The predicted octanol–water partition coefficient (Wildman–Crippen LogP) is 1.84. The molecule has 0 radical (unpaired) electrons. The Hall–Kier alpha value is -1.26. The summed E-state index contributed by atoms with van der Waals surface area (Å²) in [4.78, 5) is 2.40. The number of nitrogens with zero attached hydrogens (tertiary/aromatic N) is 1. The van der Waals surface area contributed by atoms with Crippen molar-refractivity contribution in [3.8, 4) is 11.5 Å². The number of ether oxygens (including phenoxy) is 2. The third kappa shape index (κ3) is 2.69. The molecule has 1 aliphatic heterocycles. The number of nitrogens with one attached hydrogen (secondary N) is 1. The van der Waals surface area contributed by atoms with Crippen molar-refractivity contribution in [2.75, 3.05) is 40.9 Å². The molecule has 19 heavy (non-hydrogen) atoms. The van der Waals surface area contributed by atoms with Crippen molar-refractivity contribution in [2.45, 2.75) is 18.9 Å². The van der Waals surface area contributed by atoms with Gasteiger partial charge in [0.2, 0.25) is 0 Å². The number of methoxy groups -OCH3 is 2. The summed E-state index contributed by atoms with van der Waals surface area (Å²) in [5.74, 6) is 1.71. The van der Waals surface area contributed by atoms with E-state index in [9.17, 15) is 0 Å². The lowest BCUT2D eigenvalue weighted by molar-refractivity contribution is 0.147. The van der Waals surface area contributed by atoms with Crippen LogP contribution < -0.4 is 14.8 Å². The summed E-state index contributed by atoms with van der Waals surface area (Å²) < 4.78 is 10.8. The highest BCUT2D eigenvalue weighted by atomic mass is 16.5. The second kappa shape index (κ2) is 5.80. The summed E-state index contributed by atoms with van der Waals surface area (Å²) in [7, 11) is 5.57. The van der Waals surface area contributed by atoms with Gasteiger partial charge in [0.15, 0.2) is 0 Å². The van der Waals surface area contributed by atoms with Crippen molar-refractivity contribution < 1.29 is 9.47 Å². The zero-order valence-electron chi connectivity index (χ0n) is 12.3. The number of benzene rings is 1. The average Bonchev–Trinajstić information content (AvgIpc) is 2.61. The second-order valence-corrected chi connectivity index (χ2v) is 5.29. The van der Waals surface area contributed by atoms with E-state index in [-0.39, 0.29) is 5.54 Å². The van der Waals surface area contributed by atoms with Crippen molar-refractivity contribution in [1.82, 2.24) is 10.2 Å². The van der Waals surface area contributed by atoms with Crippen LogP contribution in [0.25, 0.3) is 0 Å². The Morgan fingerprint density at radius 1 is 1.26 bits per heavy atom. The number of likely N-dealkylation sites (N-methyl/N-ethyl adjacent to an activating group) is 1. The standard InChI is InChI=1S/C15H24N2O2/c1-15(11-16-8-5-9-17(15)2)13-7-6-12(18-3)10-14(13)19-4/h6-7,10,16H,5,8-9,11H2,1-4H3. The van der Waals surface area contributed by atoms with Gasteiger partial charge in [-0.2, -0.15) is 0 Å². The second-order valence-electron chi connectivity index (χ2n) is 5.29. The highest BCUT2D eigenvalue weighted by molar-refractivity contribution is 5.45. The van der Waals surface area contributed by atoms with Gasteiger partial charge in [0, 0.05) is 18.2 Å². The molecular weight excluding hydrogens is 240 g/mol. The van der Waals surface area contributed by atoms with E-state index in [1.54, 1.807) is 14.2 Å². The maximum Gasteiger partial charge on any atom is 0.127 e. The molecule has 2 rings (SSSR count). The Bertz CT molecular complexity index is 436. The van der Waals surface area contributed by atoms with Gasteiger partial charge in [0.25, 0.3) is 0 Å². The Balaban J connectivity index is 2.42. The number of rotatable bonds is 3. The van der Waals surface area contributed by atoms with Gasteiger partial charge in [-0.05, 0) is 45.6 Å². The molecule has 1 aromatic rings. The van der Waals surface area contributed by atoms with Gasteiger partial charge in [0.1, 0.15) is 11.5 Å². The molecule has 0 aliphatic carbocycles. The molecule has 0 bridgehead atoms. The quantitative estimate of drug-likeness (QED) is 0.903. The summed E-state index contributed by atoms with van der Waals surface area (Å²) in [5.41, 5.74) is 1.14. The van der Waals surface area contributed by atoms with Gasteiger partial charge in [0.05, 0.1) is 19.8 Å². The van der Waals surface area contributed by atoms with E-state index in [0.29, 0.717) is 0 Å². The molecule has 0 spiro atoms. The van der Waals surface area contributed by atoms with E-state index in [2.05, 4.69) is 30.3 Å². The Labute approximate surface area is 115 Å². The topological polar surface area (TPSA) is 33.7 Å². The minimum atomic E-state index is -0.0614. The molecule has 1 aromatic carbocycles. The lowest BCUT2D eigenvalue weighted by Crippen LogP contribution is -2.46. The van der Waals surface area contributed by atoms with Crippen molar-refractivity contribution >= 4 is 0 Å². The molecule has 1 aliphatic rings. The van der Waals surface area contributed by atoms with E-state index in [4.69, 9.17) is 9.47 Å². The minimum Gasteiger partial charge on any atom is -0.497 e. The van der Waals surface area contributed by atoms with Gasteiger partial charge in [-0.25, -0.2) is 0 Å². The summed E-state index contributed by atoms with van der Waals surface area (Å²) >= 11 is 0. The van der Waals surface area contributed by atoms with Gasteiger partial charge in [-0.15, -0.1) is 0 Å². The van der Waals surface area contributed by atoms with Gasteiger partial charge in [-0.3, -0.25) is 4.90 Å². The summed E-state index contributed by atoms with van der Waals surface area (Å²) in [5, 5.41) is 3.52. The molecule has 1 heterocycles. The van der Waals surface area contributed by atoms with E-state index >= 15 is 0 Å². The predicted molar refractivity (Wildman–Crippen MR) is 77.0 cm³/mol. The maximum absolute atomic E-state index is 5.56. The van der Waals surface area contributed by atoms with Crippen molar-refractivity contribution in [1.29, 1.82) is 0 Å². The minimum absolute atomic E-state index is 0.0614. The van der Waals surface area contributed by atoms with Crippen LogP contribution in [0.2, 0.25) is 0 Å². The zero-order valence-corrected chi connectivity index (χ0v) is 12.3. The third-order valence-electron chi connectivity index (χ3n) is 4.15. The Morgan fingerprint density at radius 3 is 2.74 bits per heavy atom. The highest BCUT2D eigenvalue weighted by Crippen LogP contribution is 2.36. The lowest BCUT2D eigenvalue weighted by atomic mass is 9.89. The van der Waals surface area contributed by atoms with Crippen molar-refractivity contribution in [3.05, 3.63) is 23.8 Å². The largest absolute Gasteiger partial charge is 0.497 e. The fourth-order valence-corrected chi connectivity index (χ4v) is 2.70. The van der Waals surface area contributed by atoms with Crippen molar-refractivity contribution in [3.63, 3.8) is 0 Å². The summed E-state index contributed by atoms with van der Waals surface area (Å²) in [6.07, 6.45) is 1.17. The van der Waals surface area contributed by atoms with Gasteiger partial charge in [-0.1, -0.05) is 0 Å². The maximum atomic E-state index is 5.56. The SMILES string of the molecule is COc1ccc(C2(C)CNCCCN2C)c(OC)c1. The molecule has 1 N–H and O–H groups in total. The molecule has 1 unspecified atom stereocenters. The molecule has 0 aromatic heterocycles. The van der Waals surface area contributed by atoms with Crippen LogP contribution in [0.3, 0.4) is 0 Å². The molecule has 1 fully saturated rings. The lowest BCUT2D eigenvalue weighted by Gasteiger charge is -2.38. The number of hydrogen-bond donors (Lipinski definition) is 1. The average molecular weight is 264 g/mol. The normalized spacial score (nSPS) is 24.8. The summed E-state index contributed by atoms with van der Waals surface area (Å²) in [6.45, 7) is 5.33. The van der Waals surface area contributed by atoms with Gasteiger partial charge < -0.3 is 14.8 Å². The molecule has 1 atom stereocenters. The number of hydrogen-bond acceptors (Lipinski definition) is 4. The van der Waals surface area contributed by atoms with Crippen LogP contribution in [0.15, 0.2) is 18.2 Å². The molecular formula is C15H24N2O2. The fraction of sp³-hybridized carbons (Fsp3) is 0.600. The molecule has 0 saturated carbocycles. The fourth-order valence-electron chi connectivity index (χ4n) is 2.70. The third-order valence-corrected chi connectivity index (χ3v) is 4.15. The molecule has 4 heteroatoms. The van der Waals surface area contributed by atoms with Crippen LogP contribution >= 0.6 is 0 Å². The van der Waals surface area contributed by atoms with Crippen LogP contribution in [0.1, 0.15) is 18.9 Å². The van der Waals surface area contributed by atoms with Crippen LogP contribution in [0.5, 0.6) is 11.5 Å². The first-order valence-corrected chi connectivity index (χ1v) is 6.76. The van der Waals surface area contributed by atoms with E-state index in [0.717, 1.165) is 31.1 Å². The smallest absolute Gasteiger partial charge is 0.127 e. The van der Waals surface area contributed by atoms with Gasteiger partial charge >= 0.3 is 0 Å². The van der Waals surface area contributed by atoms with Crippen LogP contribution in [0.4, 0.5) is 0 Å². The molecule has 106 valence electrons. The van der Waals surface area contributed by atoms with Crippen LogP contribution in [-0.2, 0) is 5.54 Å². The van der Waals surface area contributed by atoms with Crippen molar-refractivity contribution in [2.24, 2.45) is 0 Å². The van der Waals surface area contributed by atoms with E-state index < -0.39 is 0 Å². The zero-order chi connectivity index (χ0) is 13.9. The molecule has 4 nitrogen and oxygen atoms in total. The first-order valence-electron chi connectivity index (χ1n) is 6.76. The van der Waals surface area contributed by atoms with Crippen LogP contribution in [0, 0.1) is 0 Å².